The highest BCUT2D eigenvalue weighted by Crippen LogP contribution is 2.12. The minimum atomic E-state index is -4.10. The second kappa shape index (κ2) is 6.98. The first kappa shape index (κ1) is 17.6. The third-order valence-electron chi connectivity index (χ3n) is 2.34. The van der Waals surface area contributed by atoms with Crippen molar-refractivity contribution in [1.29, 1.82) is 0 Å². The van der Waals surface area contributed by atoms with Crippen LogP contribution >= 0.6 is 0 Å². The first-order valence-corrected chi connectivity index (χ1v) is 8.98. The fourth-order valence-electron chi connectivity index (χ4n) is 1.32. The number of nitrogens with zero attached hydrogens (tertiary/aromatic N) is 1. The zero-order chi connectivity index (χ0) is 16.1. The Morgan fingerprint density at radius 2 is 2.05 bits per heavy atom. The van der Waals surface area contributed by atoms with Gasteiger partial charge in [0.25, 0.3) is 10.0 Å². The van der Waals surface area contributed by atoms with Gasteiger partial charge in [0.1, 0.15) is 5.56 Å². The van der Waals surface area contributed by atoms with E-state index in [0.29, 0.717) is 0 Å². The lowest BCUT2D eigenvalue weighted by Gasteiger charge is -2.07. The van der Waals surface area contributed by atoms with Crippen LogP contribution in [0.3, 0.4) is 0 Å². The summed E-state index contributed by atoms with van der Waals surface area (Å²) in [5.41, 5.74) is -0.249. The van der Waals surface area contributed by atoms with Crippen molar-refractivity contribution in [3.8, 4) is 0 Å². The maximum Gasteiger partial charge on any atom is 0.342 e. The molecule has 12 heteroatoms. The van der Waals surface area contributed by atoms with Crippen molar-refractivity contribution in [3.63, 3.8) is 0 Å². The summed E-state index contributed by atoms with van der Waals surface area (Å²) >= 11 is 0. The monoisotopic (exact) mass is 340 g/mol. The normalized spacial score (nSPS) is 12.3. The highest BCUT2D eigenvalue weighted by molar-refractivity contribution is 7.90. The highest BCUT2D eigenvalue weighted by Gasteiger charge is 2.26. The van der Waals surface area contributed by atoms with E-state index in [1.165, 1.54) is 7.05 Å². The van der Waals surface area contributed by atoms with Crippen LogP contribution in [0.2, 0.25) is 0 Å². The number of rotatable bonds is 8. The third-order valence-corrected chi connectivity index (χ3v) is 5.14. The number of esters is 1. The predicted octanol–water partition coefficient (Wildman–Crippen LogP) is -1.59. The number of hydrogen-bond donors (Lipinski definition) is 3. The molecule has 0 fully saturated rings. The number of carbonyl (C=O) groups excluding carboxylic acids is 1. The van der Waals surface area contributed by atoms with Gasteiger partial charge >= 0.3 is 5.97 Å². The molecule has 0 bridgehead atoms. The number of hydrogen-bond acceptors (Lipinski definition) is 7. The SMILES string of the molecule is CCOC(=O)c1cn[nH]c1S(=O)(=O)NCCS(=O)(=O)NC. The van der Waals surface area contributed by atoms with Crippen molar-refractivity contribution >= 4 is 26.0 Å². The van der Waals surface area contributed by atoms with Gasteiger partial charge in [0.05, 0.1) is 18.6 Å². The summed E-state index contributed by atoms with van der Waals surface area (Å²) < 4.78 is 55.2. The van der Waals surface area contributed by atoms with Crippen LogP contribution < -0.4 is 9.44 Å². The average Bonchev–Trinajstić information content (AvgIpc) is 2.88. The Labute approximate surface area is 122 Å². The fraction of sp³-hybridized carbons (Fsp3) is 0.556. The van der Waals surface area contributed by atoms with Crippen molar-refractivity contribution in [1.82, 2.24) is 19.6 Å². The number of carbonyl (C=O) groups is 1. The van der Waals surface area contributed by atoms with Crippen LogP contribution in [0.4, 0.5) is 0 Å². The molecule has 0 aliphatic heterocycles. The minimum absolute atomic E-state index is 0.0807. The number of aromatic amines is 1. The van der Waals surface area contributed by atoms with Crippen molar-refractivity contribution in [2.45, 2.75) is 11.9 Å². The molecule has 0 radical (unpaired) electrons. The fourth-order valence-corrected chi connectivity index (χ4v) is 3.14. The maximum atomic E-state index is 12.0. The summed E-state index contributed by atoms with van der Waals surface area (Å²) in [6, 6.07) is 0. The smallest absolute Gasteiger partial charge is 0.342 e. The Morgan fingerprint density at radius 1 is 1.38 bits per heavy atom. The Morgan fingerprint density at radius 3 is 2.62 bits per heavy atom. The van der Waals surface area contributed by atoms with Crippen molar-refractivity contribution in [2.75, 3.05) is 26.0 Å². The summed E-state index contributed by atoms with van der Waals surface area (Å²) in [5.74, 6) is -1.28. The van der Waals surface area contributed by atoms with Gasteiger partial charge in [-0.3, -0.25) is 5.10 Å². The molecule has 1 aromatic heterocycles. The van der Waals surface area contributed by atoms with Crippen molar-refractivity contribution < 1.29 is 26.4 Å². The van der Waals surface area contributed by atoms with E-state index in [4.69, 9.17) is 4.74 Å². The van der Waals surface area contributed by atoms with Gasteiger partial charge < -0.3 is 4.74 Å². The van der Waals surface area contributed by atoms with Crippen LogP contribution in [0.1, 0.15) is 17.3 Å². The number of H-pyrrole nitrogens is 1. The molecule has 0 unspecified atom stereocenters. The molecule has 1 rings (SSSR count). The van der Waals surface area contributed by atoms with E-state index < -0.39 is 36.8 Å². The second-order valence-electron chi connectivity index (χ2n) is 3.75. The van der Waals surface area contributed by atoms with E-state index in [2.05, 4.69) is 19.6 Å². The molecule has 21 heavy (non-hydrogen) atoms. The number of nitrogens with one attached hydrogen (secondary N) is 3. The number of ether oxygens (including phenoxy) is 1. The molecule has 0 aliphatic rings. The Balaban J connectivity index is 2.85. The first-order chi connectivity index (χ1) is 9.73. The summed E-state index contributed by atoms with van der Waals surface area (Å²) in [7, 11) is -6.42. The van der Waals surface area contributed by atoms with Crippen molar-refractivity contribution in [3.05, 3.63) is 11.8 Å². The lowest BCUT2D eigenvalue weighted by atomic mass is 10.4. The molecule has 1 heterocycles. The lowest BCUT2D eigenvalue weighted by molar-refractivity contribution is 0.0522. The Hall–Kier alpha value is -1.50. The van der Waals surface area contributed by atoms with Crippen LogP contribution in [0.5, 0.6) is 0 Å². The van der Waals surface area contributed by atoms with Crippen LogP contribution in [0.15, 0.2) is 11.2 Å². The van der Waals surface area contributed by atoms with Crippen LogP contribution in [0, 0.1) is 0 Å². The quantitative estimate of drug-likeness (QED) is 0.483. The van der Waals surface area contributed by atoms with Gasteiger partial charge in [-0.1, -0.05) is 0 Å². The van der Waals surface area contributed by atoms with Gasteiger partial charge in [0.15, 0.2) is 5.03 Å². The van der Waals surface area contributed by atoms with Gasteiger partial charge in [0.2, 0.25) is 10.0 Å². The van der Waals surface area contributed by atoms with E-state index in [9.17, 15) is 21.6 Å². The Kier molecular flexibility index (Phi) is 5.83. The minimum Gasteiger partial charge on any atom is -0.462 e. The van der Waals surface area contributed by atoms with E-state index in [1.807, 2.05) is 0 Å². The first-order valence-electron chi connectivity index (χ1n) is 5.85. The van der Waals surface area contributed by atoms with E-state index in [0.717, 1.165) is 6.20 Å². The summed E-state index contributed by atoms with van der Waals surface area (Å²) in [4.78, 5) is 11.6. The van der Waals surface area contributed by atoms with Gasteiger partial charge in [-0.25, -0.2) is 31.1 Å². The molecule has 120 valence electrons. The van der Waals surface area contributed by atoms with Gasteiger partial charge in [-0.2, -0.15) is 5.10 Å². The van der Waals surface area contributed by atoms with Crippen LogP contribution in [0.25, 0.3) is 0 Å². The maximum absolute atomic E-state index is 12.0. The number of aromatic nitrogens is 2. The van der Waals surface area contributed by atoms with Crippen molar-refractivity contribution in [2.24, 2.45) is 0 Å². The topological polar surface area (TPSA) is 147 Å². The standard InChI is InChI=1S/C9H16N4O6S2/c1-3-19-9(14)7-6-11-13-8(7)21(17,18)12-4-5-20(15,16)10-2/h6,10,12H,3-5H2,1-2H3,(H,11,13). The molecule has 0 amide bonds. The van der Waals surface area contributed by atoms with E-state index >= 15 is 0 Å². The average molecular weight is 340 g/mol. The third kappa shape index (κ3) is 4.77. The molecular formula is C9H16N4O6S2. The van der Waals surface area contributed by atoms with Gasteiger partial charge in [-0.05, 0) is 14.0 Å². The molecule has 10 nitrogen and oxygen atoms in total. The number of sulfonamides is 2. The molecule has 1 aromatic rings. The Bertz CT molecular complexity index is 694. The zero-order valence-electron chi connectivity index (χ0n) is 11.4. The van der Waals surface area contributed by atoms with Crippen LogP contribution in [-0.4, -0.2) is 59.0 Å². The molecular weight excluding hydrogens is 324 g/mol. The van der Waals surface area contributed by atoms with Gasteiger partial charge in [0, 0.05) is 6.54 Å². The lowest BCUT2D eigenvalue weighted by Crippen LogP contribution is -2.33. The predicted molar refractivity (Wildman–Crippen MR) is 72.6 cm³/mol. The summed E-state index contributed by atoms with van der Waals surface area (Å²) in [6.45, 7) is 1.30. The largest absolute Gasteiger partial charge is 0.462 e. The molecule has 3 N–H and O–H groups in total. The molecule has 0 spiro atoms. The molecule has 0 aliphatic carbocycles. The second-order valence-corrected chi connectivity index (χ2v) is 7.50. The summed E-state index contributed by atoms with van der Waals surface area (Å²) in [6.07, 6.45) is 1.02. The molecule has 0 aromatic carbocycles. The molecule has 0 atom stereocenters. The van der Waals surface area contributed by atoms with E-state index in [1.54, 1.807) is 6.92 Å². The van der Waals surface area contributed by atoms with Gasteiger partial charge in [-0.15, -0.1) is 0 Å². The molecule has 0 saturated heterocycles. The summed E-state index contributed by atoms with van der Waals surface area (Å²) in [5, 5.41) is 5.20. The van der Waals surface area contributed by atoms with Crippen LogP contribution in [-0.2, 0) is 24.8 Å². The highest BCUT2D eigenvalue weighted by atomic mass is 32.2. The zero-order valence-corrected chi connectivity index (χ0v) is 13.0. The van der Waals surface area contributed by atoms with E-state index in [-0.39, 0.29) is 18.7 Å². The molecule has 0 saturated carbocycles.